The van der Waals surface area contributed by atoms with Gasteiger partial charge in [-0.2, -0.15) is 0 Å². The molecule has 1 aliphatic rings. The Bertz CT molecular complexity index is 956. The first-order valence-electron chi connectivity index (χ1n) is 10.6. The van der Waals surface area contributed by atoms with Crippen molar-refractivity contribution in [1.82, 2.24) is 20.1 Å². The number of benzene rings is 2. The SMILES string of the molecule is CN1CCN(CC(NC(=O)c2ccc(Oc3cccnc3)cc2)c2ccccc2)CC1. The molecule has 31 heavy (non-hydrogen) atoms. The lowest BCUT2D eigenvalue weighted by molar-refractivity contribution is 0.0907. The number of aromatic nitrogens is 1. The van der Waals surface area contributed by atoms with Crippen molar-refractivity contribution in [2.45, 2.75) is 6.04 Å². The zero-order valence-electron chi connectivity index (χ0n) is 17.8. The van der Waals surface area contributed by atoms with Crippen molar-refractivity contribution in [2.24, 2.45) is 0 Å². The molecule has 160 valence electrons. The largest absolute Gasteiger partial charge is 0.456 e. The molecule has 1 fully saturated rings. The molecule has 1 aliphatic heterocycles. The quantitative estimate of drug-likeness (QED) is 0.638. The fraction of sp³-hybridized carbons (Fsp3) is 0.280. The second-order valence-corrected chi connectivity index (χ2v) is 7.86. The molecule has 6 heteroatoms. The molecule has 2 aromatic carbocycles. The predicted molar refractivity (Wildman–Crippen MR) is 121 cm³/mol. The number of pyridine rings is 1. The van der Waals surface area contributed by atoms with Gasteiger partial charge in [0.25, 0.3) is 5.91 Å². The number of likely N-dealkylation sites (N-methyl/N-ethyl adjacent to an activating group) is 1. The molecular formula is C25H28N4O2. The van der Waals surface area contributed by atoms with Crippen LogP contribution in [0.15, 0.2) is 79.1 Å². The summed E-state index contributed by atoms with van der Waals surface area (Å²) in [4.78, 5) is 21.8. The van der Waals surface area contributed by atoms with E-state index >= 15 is 0 Å². The third-order valence-corrected chi connectivity index (χ3v) is 5.53. The lowest BCUT2D eigenvalue weighted by atomic mass is 10.0. The van der Waals surface area contributed by atoms with E-state index in [0.717, 1.165) is 38.3 Å². The lowest BCUT2D eigenvalue weighted by Crippen LogP contribution is -2.47. The number of hydrogen-bond acceptors (Lipinski definition) is 5. The monoisotopic (exact) mass is 416 g/mol. The standard InChI is InChI=1S/C25H28N4O2/c1-28-14-16-29(17-15-28)19-24(20-6-3-2-4-7-20)27-25(30)21-9-11-22(12-10-21)31-23-8-5-13-26-18-23/h2-13,18,24H,14-17,19H2,1H3,(H,27,30). The van der Waals surface area contributed by atoms with E-state index in [-0.39, 0.29) is 11.9 Å². The maximum absolute atomic E-state index is 13.0. The minimum Gasteiger partial charge on any atom is -0.456 e. The Hall–Kier alpha value is -3.22. The highest BCUT2D eigenvalue weighted by atomic mass is 16.5. The topological polar surface area (TPSA) is 57.7 Å². The summed E-state index contributed by atoms with van der Waals surface area (Å²) < 4.78 is 5.77. The fourth-order valence-corrected chi connectivity index (χ4v) is 3.67. The maximum atomic E-state index is 13.0. The first-order valence-corrected chi connectivity index (χ1v) is 10.6. The molecule has 0 aliphatic carbocycles. The van der Waals surface area contributed by atoms with Gasteiger partial charge in [0, 0.05) is 44.5 Å². The van der Waals surface area contributed by atoms with Crippen molar-refractivity contribution in [2.75, 3.05) is 39.8 Å². The first-order chi connectivity index (χ1) is 15.2. The van der Waals surface area contributed by atoms with Crippen LogP contribution in [-0.4, -0.2) is 60.5 Å². The smallest absolute Gasteiger partial charge is 0.251 e. The Labute approximate surface area is 183 Å². The molecule has 1 unspecified atom stereocenters. The molecule has 4 rings (SSSR count). The van der Waals surface area contributed by atoms with E-state index in [1.54, 1.807) is 36.7 Å². The van der Waals surface area contributed by atoms with Crippen LogP contribution < -0.4 is 10.1 Å². The molecular weight excluding hydrogens is 388 g/mol. The van der Waals surface area contributed by atoms with Crippen molar-refractivity contribution in [3.05, 3.63) is 90.3 Å². The molecule has 1 aromatic heterocycles. The number of carbonyl (C=O) groups excluding carboxylic acids is 1. The molecule has 2 heterocycles. The Kier molecular flexibility index (Phi) is 6.92. The van der Waals surface area contributed by atoms with Gasteiger partial charge in [-0.05, 0) is 49.0 Å². The van der Waals surface area contributed by atoms with Gasteiger partial charge in [-0.25, -0.2) is 0 Å². The van der Waals surface area contributed by atoms with Crippen LogP contribution in [0.1, 0.15) is 22.0 Å². The van der Waals surface area contributed by atoms with Crippen LogP contribution in [0.3, 0.4) is 0 Å². The zero-order valence-corrected chi connectivity index (χ0v) is 17.8. The minimum atomic E-state index is -0.0871. The summed E-state index contributed by atoms with van der Waals surface area (Å²) in [6, 6.07) is 21.0. The maximum Gasteiger partial charge on any atom is 0.251 e. The number of nitrogens with zero attached hydrogens (tertiary/aromatic N) is 3. The van der Waals surface area contributed by atoms with E-state index < -0.39 is 0 Å². The highest BCUT2D eigenvalue weighted by molar-refractivity contribution is 5.94. The Balaban J connectivity index is 1.43. The molecule has 6 nitrogen and oxygen atoms in total. The third kappa shape index (κ3) is 5.90. The number of carbonyl (C=O) groups is 1. The summed E-state index contributed by atoms with van der Waals surface area (Å²) in [5.41, 5.74) is 1.73. The summed E-state index contributed by atoms with van der Waals surface area (Å²) in [7, 11) is 2.15. The number of amides is 1. The summed E-state index contributed by atoms with van der Waals surface area (Å²) in [5, 5.41) is 3.23. The van der Waals surface area contributed by atoms with Crippen molar-refractivity contribution in [3.63, 3.8) is 0 Å². The van der Waals surface area contributed by atoms with Crippen LogP contribution in [0.25, 0.3) is 0 Å². The molecule has 1 N–H and O–H groups in total. The van der Waals surface area contributed by atoms with E-state index in [4.69, 9.17) is 4.74 Å². The summed E-state index contributed by atoms with van der Waals surface area (Å²) in [5.74, 6) is 1.24. The Morgan fingerprint density at radius 3 is 2.39 bits per heavy atom. The molecule has 0 spiro atoms. The molecule has 0 bridgehead atoms. The number of nitrogens with one attached hydrogen (secondary N) is 1. The summed E-state index contributed by atoms with van der Waals surface area (Å²) in [6.07, 6.45) is 3.36. The van der Waals surface area contributed by atoms with Gasteiger partial charge in [0.05, 0.1) is 12.2 Å². The Morgan fingerprint density at radius 1 is 0.968 bits per heavy atom. The molecule has 1 atom stereocenters. The molecule has 0 saturated carbocycles. The highest BCUT2D eigenvalue weighted by Gasteiger charge is 2.21. The lowest BCUT2D eigenvalue weighted by Gasteiger charge is -2.35. The van der Waals surface area contributed by atoms with Crippen LogP contribution in [0.2, 0.25) is 0 Å². The molecule has 3 aromatic rings. The second-order valence-electron chi connectivity index (χ2n) is 7.86. The predicted octanol–water partition coefficient (Wildman–Crippen LogP) is 3.59. The molecule has 1 amide bonds. The number of piperazine rings is 1. The number of hydrogen-bond donors (Lipinski definition) is 1. The summed E-state index contributed by atoms with van der Waals surface area (Å²) in [6.45, 7) is 4.92. The highest BCUT2D eigenvalue weighted by Crippen LogP contribution is 2.21. The van der Waals surface area contributed by atoms with Gasteiger partial charge in [0.15, 0.2) is 0 Å². The minimum absolute atomic E-state index is 0.0663. The van der Waals surface area contributed by atoms with Crippen molar-refractivity contribution < 1.29 is 9.53 Å². The van der Waals surface area contributed by atoms with E-state index in [1.165, 1.54) is 0 Å². The Morgan fingerprint density at radius 2 is 1.71 bits per heavy atom. The van der Waals surface area contributed by atoms with Gasteiger partial charge < -0.3 is 15.0 Å². The van der Waals surface area contributed by atoms with E-state index in [0.29, 0.717) is 17.1 Å². The van der Waals surface area contributed by atoms with Crippen molar-refractivity contribution in [3.8, 4) is 11.5 Å². The van der Waals surface area contributed by atoms with Gasteiger partial charge >= 0.3 is 0 Å². The molecule has 1 saturated heterocycles. The number of ether oxygens (including phenoxy) is 1. The third-order valence-electron chi connectivity index (χ3n) is 5.53. The number of rotatable bonds is 7. The summed E-state index contributed by atoms with van der Waals surface area (Å²) >= 11 is 0. The van der Waals surface area contributed by atoms with Crippen LogP contribution in [0.5, 0.6) is 11.5 Å². The second kappa shape index (κ2) is 10.2. The van der Waals surface area contributed by atoms with Gasteiger partial charge in [0.2, 0.25) is 0 Å². The average Bonchev–Trinajstić information content (AvgIpc) is 2.82. The fourth-order valence-electron chi connectivity index (χ4n) is 3.67. The van der Waals surface area contributed by atoms with Crippen LogP contribution in [0.4, 0.5) is 0 Å². The van der Waals surface area contributed by atoms with Crippen molar-refractivity contribution in [1.29, 1.82) is 0 Å². The van der Waals surface area contributed by atoms with Crippen LogP contribution in [0, 0.1) is 0 Å². The average molecular weight is 417 g/mol. The zero-order chi connectivity index (χ0) is 21.5. The van der Waals surface area contributed by atoms with E-state index in [2.05, 4.69) is 39.3 Å². The van der Waals surface area contributed by atoms with Crippen molar-refractivity contribution >= 4 is 5.91 Å². The van der Waals surface area contributed by atoms with E-state index in [1.807, 2.05) is 30.3 Å². The van der Waals surface area contributed by atoms with Gasteiger partial charge in [-0.15, -0.1) is 0 Å². The van der Waals surface area contributed by atoms with Gasteiger partial charge in [-0.1, -0.05) is 30.3 Å². The molecule has 0 radical (unpaired) electrons. The van der Waals surface area contributed by atoms with Crippen LogP contribution in [-0.2, 0) is 0 Å². The first kappa shape index (κ1) is 21.0. The van der Waals surface area contributed by atoms with E-state index in [9.17, 15) is 4.79 Å². The normalized spacial score (nSPS) is 15.9. The van der Waals surface area contributed by atoms with Gasteiger partial charge in [0.1, 0.15) is 11.5 Å². The van der Waals surface area contributed by atoms with Gasteiger partial charge in [-0.3, -0.25) is 14.7 Å². The van der Waals surface area contributed by atoms with Crippen LogP contribution >= 0.6 is 0 Å².